The normalized spacial score (nSPS) is 16.9. The number of carbonyl (C=O) groups is 2. The number of unbranched alkanes of at least 4 members (excludes halogenated alkanes) is 2. The van der Waals surface area contributed by atoms with Gasteiger partial charge in [0.1, 0.15) is 18.1 Å². The lowest BCUT2D eigenvalue weighted by molar-refractivity contribution is -0.139. The van der Waals surface area contributed by atoms with Gasteiger partial charge >= 0.3 is 0 Å². The van der Waals surface area contributed by atoms with Crippen LogP contribution in [0.5, 0.6) is 5.75 Å². The van der Waals surface area contributed by atoms with Gasteiger partial charge in [-0.15, -0.1) is 0 Å². The molecule has 1 aliphatic rings. The van der Waals surface area contributed by atoms with E-state index in [1.165, 1.54) is 0 Å². The maximum Gasteiger partial charge on any atom is 0.295 e. The van der Waals surface area contributed by atoms with E-state index < -0.39 is 17.7 Å². The molecule has 2 heterocycles. The summed E-state index contributed by atoms with van der Waals surface area (Å²) >= 11 is 0. The number of aryl methyl sites for hydroxylation is 1. The third kappa shape index (κ3) is 4.82. The lowest BCUT2D eigenvalue weighted by atomic mass is 9.94. The van der Waals surface area contributed by atoms with Crippen LogP contribution in [0.25, 0.3) is 16.7 Å². The molecule has 0 aliphatic carbocycles. The number of carbonyl (C=O) groups excluding carboxylic acids is 2. The molecule has 6 nitrogen and oxygen atoms in total. The Morgan fingerprint density at radius 2 is 1.76 bits per heavy atom. The maximum atomic E-state index is 13.4. The van der Waals surface area contributed by atoms with Crippen LogP contribution in [0, 0.1) is 6.92 Å². The number of hydrogen-bond acceptors (Lipinski definition) is 4. The number of para-hydroxylation sites is 1. The van der Waals surface area contributed by atoms with Crippen LogP contribution in [0.2, 0.25) is 0 Å². The van der Waals surface area contributed by atoms with E-state index >= 15 is 0 Å². The number of Topliss-reactive ketones (excluding diaryl/α,β-unsaturated/α-hetero) is 1. The number of fused-ring (bicyclic) bond motifs is 1. The number of aliphatic hydroxyl groups excluding tert-OH is 1. The van der Waals surface area contributed by atoms with Gasteiger partial charge in [0.2, 0.25) is 0 Å². The van der Waals surface area contributed by atoms with Gasteiger partial charge in [-0.3, -0.25) is 9.59 Å². The van der Waals surface area contributed by atoms with Crippen molar-refractivity contribution in [3.8, 4) is 5.75 Å². The average Bonchev–Trinajstić information content (AvgIpc) is 3.47. The maximum absolute atomic E-state index is 13.4. The smallest absolute Gasteiger partial charge is 0.295 e. The summed E-state index contributed by atoms with van der Waals surface area (Å²) in [7, 11) is 0. The molecule has 1 unspecified atom stereocenters. The summed E-state index contributed by atoms with van der Waals surface area (Å²) in [4.78, 5) is 31.5. The molecule has 194 valence electrons. The number of aliphatic hydroxyl groups is 1. The van der Waals surface area contributed by atoms with Crippen LogP contribution in [0.1, 0.15) is 54.5 Å². The molecule has 1 aliphatic heterocycles. The second-order valence-corrected chi connectivity index (χ2v) is 9.74. The van der Waals surface area contributed by atoms with E-state index in [9.17, 15) is 14.7 Å². The van der Waals surface area contributed by atoms with Crippen LogP contribution in [-0.2, 0) is 16.2 Å². The van der Waals surface area contributed by atoms with Crippen molar-refractivity contribution in [2.24, 2.45) is 0 Å². The fourth-order valence-corrected chi connectivity index (χ4v) is 5.14. The predicted molar refractivity (Wildman–Crippen MR) is 149 cm³/mol. The summed E-state index contributed by atoms with van der Waals surface area (Å²) in [6.45, 7) is 4.87. The van der Waals surface area contributed by atoms with Crippen molar-refractivity contribution >= 4 is 28.4 Å². The van der Waals surface area contributed by atoms with E-state index in [2.05, 4.69) is 11.9 Å². The highest BCUT2D eigenvalue weighted by Crippen LogP contribution is 2.42. The lowest BCUT2D eigenvalue weighted by Gasteiger charge is -2.25. The number of rotatable bonds is 9. The van der Waals surface area contributed by atoms with Gasteiger partial charge in [-0.25, -0.2) is 0 Å². The Labute approximate surface area is 222 Å². The highest BCUT2D eigenvalue weighted by molar-refractivity contribution is 6.46. The second kappa shape index (κ2) is 11.0. The third-order valence-electron chi connectivity index (χ3n) is 7.14. The Hall–Kier alpha value is -4.32. The number of ketones is 1. The molecule has 0 spiro atoms. The summed E-state index contributed by atoms with van der Waals surface area (Å²) < 4.78 is 5.99. The number of nitrogens with one attached hydrogen (secondary N) is 1. The Morgan fingerprint density at radius 1 is 1.00 bits per heavy atom. The highest BCUT2D eigenvalue weighted by atomic mass is 16.5. The average molecular weight is 509 g/mol. The summed E-state index contributed by atoms with van der Waals surface area (Å²) in [6, 6.07) is 22.3. The van der Waals surface area contributed by atoms with E-state index in [-0.39, 0.29) is 11.3 Å². The summed E-state index contributed by atoms with van der Waals surface area (Å²) in [6.07, 6.45) is 4.58. The molecule has 38 heavy (non-hydrogen) atoms. The predicted octanol–water partition coefficient (Wildman–Crippen LogP) is 6.67. The number of nitrogens with zero attached hydrogens (tertiary/aromatic N) is 1. The molecule has 3 aromatic carbocycles. The molecule has 6 heteroatoms. The molecule has 0 bridgehead atoms. The van der Waals surface area contributed by atoms with Crippen molar-refractivity contribution in [2.45, 2.75) is 45.8 Å². The van der Waals surface area contributed by atoms with Crippen LogP contribution in [0.15, 0.2) is 84.6 Å². The fraction of sp³-hybridized carbons (Fsp3) is 0.250. The molecule has 0 radical (unpaired) electrons. The van der Waals surface area contributed by atoms with Crippen molar-refractivity contribution in [1.29, 1.82) is 0 Å². The van der Waals surface area contributed by atoms with E-state index in [4.69, 9.17) is 4.74 Å². The zero-order valence-electron chi connectivity index (χ0n) is 21.7. The van der Waals surface area contributed by atoms with E-state index in [0.29, 0.717) is 24.5 Å². The first-order valence-electron chi connectivity index (χ1n) is 13.1. The van der Waals surface area contributed by atoms with Gasteiger partial charge in [-0.05, 0) is 48.7 Å². The largest absolute Gasteiger partial charge is 0.507 e. The molecule has 1 atom stereocenters. The molecule has 0 saturated carbocycles. The molecule has 1 saturated heterocycles. The van der Waals surface area contributed by atoms with Crippen LogP contribution in [0.4, 0.5) is 0 Å². The lowest BCUT2D eigenvalue weighted by Crippen LogP contribution is -2.30. The molecule has 1 aromatic heterocycles. The van der Waals surface area contributed by atoms with Crippen molar-refractivity contribution < 1.29 is 19.4 Å². The van der Waals surface area contributed by atoms with Gasteiger partial charge in [0.15, 0.2) is 0 Å². The molecular weight excluding hydrogens is 476 g/mol. The SMILES string of the molecule is CCCCCN1C(=O)C(=O)/C(=C(/O)c2ccc(OCc3ccccc3)c(C)c2)C1c1c[nH]c2ccccc12. The Balaban J connectivity index is 1.53. The van der Waals surface area contributed by atoms with Crippen molar-refractivity contribution in [3.63, 3.8) is 0 Å². The number of likely N-dealkylation sites (tertiary alicyclic amines) is 1. The number of hydrogen-bond donors (Lipinski definition) is 2. The minimum atomic E-state index is -0.669. The topological polar surface area (TPSA) is 82.6 Å². The molecule has 1 amide bonds. The van der Waals surface area contributed by atoms with Gasteiger partial charge in [-0.2, -0.15) is 0 Å². The third-order valence-corrected chi connectivity index (χ3v) is 7.14. The second-order valence-electron chi connectivity index (χ2n) is 9.74. The Kier molecular flexibility index (Phi) is 7.31. The van der Waals surface area contributed by atoms with Crippen LogP contribution in [-0.4, -0.2) is 33.2 Å². The zero-order valence-corrected chi connectivity index (χ0v) is 21.7. The number of aromatic nitrogens is 1. The molecule has 1 fully saturated rings. The van der Waals surface area contributed by atoms with E-state index in [0.717, 1.165) is 46.9 Å². The number of amides is 1. The number of benzene rings is 3. The minimum Gasteiger partial charge on any atom is -0.507 e. The number of H-pyrrole nitrogens is 1. The van der Waals surface area contributed by atoms with Gasteiger partial charge in [0.25, 0.3) is 11.7 Å². The van der Waals surface area contributed by atoms with Crippen LogP contribution in [0.3, 0.4) is 0 Å². The highest BCUT2D eigenvalue weighted by Gasteiger charge is 2.46. The monoisotopic (exact) mass is 508 g/mol. The Morgan fingerprint density at radius 3 is 2.53 bits per heavy atom. The summed E-state index contributed by atoms with van der Waals surface area (Å²) in [5, 5.41) is 12.4. The van der Waals surface area contributed by atoms with Gasteiger partial charge < -0.3 is 19.7 Å². The van der Waals surface area contributed by atoms with Gasteiger partial charge in [0, 0.05) is 34.8 Å². The minimum absolute atomic E-state index is 0.119. The van der Waals surface area contributed by atoms with Gasteiger partial charge in [0.05, 0.1) is 11.6 Å². The standard InChI is InChI=1S/C32H32N2O4/c1-3-4-10-17-34-29(25-19-33-26-14-9-8-13-24(25)26)28(31(36)32(34)37)30(35)23-15-16-27(21(2)18-23)38-20-22-11-6-5-7-12-22/h5-9,11-16,18-19,29,33,35H,3-4,10,17,20H2,1-2H3/b30-28+. The van der Waals surface area contributed by atoms with Crippen LogP contribution >= 0.6 is 0 Å². The Bertz CT molecular complexity index is 1500. The molecular formula is C32H32N2O4. The summed E-state index contributed by atoms with van der Waals surface area (Å²) in [5.41, 5.74) is 4.20. The van der Waals surface area contributed by atoms with Crippen molar-refractivity contribution in [1.82, 2.24) is 9.88 Å². The van der Waals surface area contributed by atoms with E-state index in [1.54, 1.807) is 23.1 Å². The van der Waals surface area contributed by atoms with Gasteiger partial charge in [-0.1, -0.05) is 68.3 Å². The first-order chi connectivity index (χ1) is 18.5. The first kappa shape index (κ1) is 25.3. The molecule has 5 rings (SSSR count). The summed E-state index contributed by atoms with van der Waals surface area (Å²) in [5.74, 6) is -0.707. The fourth-order valence-electron chi connectivity index (χ4n) is 5.14. The first-order valence-corrected chi connectivity index (χ1v) is 13.1. The number of ether oxygens (including phenoxy) is 1. The zero-order chi connectivity index (χ0) is 26.6. The number of aromatic amines is 1. The molecule has 2 N–H and O–H groups in total. The van der Waals surface area contributed by atoms with Crippen molar-refractivity contribution in [2.75, 3.05) is 6.54 Å². The quantitative estimate of drug-likeness (QED) is 0.115. The van der Waals surface area contributed by atoms with E-state index in [1.807, 2.05) is 67.7 Å². The van der Waals surface area contributed by atoms with Crippen LogP contribution < -0.4 is 4.74 Å². The van der Waals surface area contributed by atoms with Crippen molar-refractivity contribution in [3.05, 3.63) is 107 Å². The molecule has 4 aromatic rings.